The van der Waals surface area contributed by atoms with Gasteiger partial charge in [0.1, 0.15) is 11.3 Å². The maximum atomic E-state index is 12.4. The van der Waals surface area contributed by atoms with Crippen LogP contribution in [0.25, 0.3) is 11.0 Å². The molecule has 1 N–H and O–H groups in total. The van der Waals surface area contributed by atoms with Crippen molar-refractivity contribution in [3.05, 3.63) is 30.0 Å². The number of hydrogen-bond donors (Lipinski definition) is 1. The van der Waals surface area contributed by atoms with Crippen LogP contribution in [0.4, 0.5) is 0 Å². The van der Waals surface area contributed by atoms with Crippen LogP contribution in [-0.4, -0.2) is 43.6 Å². The molecule has 1 aliphatic heterocycles. The molecular formula is C16H20N2O3. The first-order valence-corrected chi connectivity index (χ1v) is 7.22. The van der Waals surface area contributed by atoms with Gasteiger partial charge in [-0.05, 0) is 19.1 Å². The van der Waals surface area contributed by atoms with Gasteiger partial charge in [0.05, 0.1) is 19.8 Å². The molecule has 0 radical (unpaired) electrons. The van der Waals surface area contributed by atoms with Crippen molar-refractivity contribution < 1.29 is 13.9 Å². The minimum Gasteiger partial charge on any atom is -0.497 e. The lowest BCUT2D eigenvalue weighted by atomic mass is 10.1. The summed E-state index contributed by atoms with van der Waals surface area (Å²) >= 11 is 0. The number of nitrogens with one attached hydrogen (secondary N) is 1. The van der Waals surface area contributed by atoms with Gasteiger partial charge in [0, 0.05) is 42.7 Å². The summed E-state index contributed by atoms with van der Waals surface area (Å²) in [6.45, 7) is 4.49. The molecule has 1 atom stereocenters. The van der Waals surface area contributed by atoms with Crippen molar-refractivity contribution in [3.63, 3.8) is 0 Å². The molecule has 112 valence electrons. The third-order valence-electron chi connectivity index (χ3n) is 3.93. The Hall–Kier alpha value is -2.01. The fraction of sp³-hybridized carbons (Fsp3) is 0.438. The van der Waals surface area contributed by atoms with Crippen LogP contribution < -0.4 is 10.1 Å². The topological polar surface area (TPSA) is 54.7 Å². The Balaban J connectivity index is 1.76. The van der Waals surface area contributed by atoms with E-state index in [9.17, 15) is 4.79 Å². The lowest BCUT2D eigenvalue weighted by Crippen LogP contribution is -2.51. The highest BCUT2D eigenvalue weighted by molar-refractivity contribution is 5.88. The first kappa shape index (κ1) is 13.9. The summed E-state index contributed by atoms with van der Waals surface area (Å²) in [7, 11) is 1.63. The summed E-state index contributed by atoms with van der Waals surface area (Å²) in [6, 6.07) is 6.03. The Morgan fingerprint density at radius 3 is 3.14 bits per heavy atom. The average Bonchev–Trinajstić information content (AvgIpc) is 2.89. The van der Waals surface area contributed by atoms with Crippen LogP contribution in [-0.2, 0) is 11.2 Å². The molecule has 3 rings (SSSR count). The third-order valence-corrected chi connectivity index (χ3v) is 3.93. The SMILES string of the molecule is COc1ccc2c(CC(=O)N3CCNC(C)C3)coc2c1. The van der Waals surface area contributed by atoms with Gasteiger partial charge in [0.2, 0.25) is 5.91 Å². The lowest BCUT2D eigenvalue weighted by molar-refractivity contribution is -0.131. The number of carbonyl (C=O) groups excluding carboxylic acids is 1. The summed E-state index contributed by atoms with van der Waals surface area (Å²) in [4.78, 5) is 14.3. The number of rotatable bonds is 3. The molecule has 0 aliphatic carbocycles. The van der Waals surface area contributed by atoms with Gasteiger partial charge in [-0.15, -0.1) is 0 Å². The molecule has 21 heavy (non-hydrogen) atoms. The molecule has 1 saturated heterocycles. The highest BCUT2D eigenvalue weighted by atomic mass is 16.5. The van der Waals surface area contributed by atoms with Crippen LogP contribution in [0.3, 0.4) is 0 Å². The molecule has 2 aromatic rings. The van der Waals surface area contributed by atoms with E-state index in [1.165, 1.54) is 0 Å². The highest BCUT2D eigenvalue weighted by Gasteiger charge is 2.21. The maximum absolute atomic E-state index is 12.4. The molecule has 1 aromatic heterocycles. The summed E-state index contributed by atoms with van der Waals surface area (Å²) in [5, 5.41) is 4.32. The minimum absolute atomic E-state index is 0.155. The number of furan rings is 1. The standard InChI is InChI=1S/C16H20N2O3/c1-11-9-18(6-5-17-11)16(19)7-12-10-21-15-8-13(20-2)3-4-14(12)15/h3-4,8,10-11,17H,5-7,9H2,1-2H3. The molecule has 0 bridgehead atoms. The number of benzene rings is 1. The molecule has 0 saturated carbocycles. The fourth-order valence-corrected chi connectivity index (χ4v) is 2.76. The van der Waals surface area contributed by atoms with E-state index in [0.717, 1.165) is 41.9 Å². The summed E-state index contributed by atoms with van der Waals surface area (Å²) in [6.07, 6.45) is 2.06. The van der Waals surface area contributed by atoms with Crippen molar-refractivity contribution in [2.45, 2.75) is 19.4 Å². The molecule has 5 heteroatoms. The van der Waals surface area contributed by atoms with E-state index in [2.05, 4.69) is 12.2 Å². The van der Waals surface area contributed by atoms with E-state index in [0.29, 0.717) is 12.5 Å². The fourth-order valence-electron chi connectivity index (χ4n) is 2.76. The molecule has 1 amide bonds. The molecule has 1 aliphatic rings. The third kappa shape index (κ3) is 2.88. The summed E-state index contributed by atoms with van der Waals surface area (Å²) < 4.78 is 10.7. The maximum Gasteiger partial charge on any atom is 0.227 e. The van der Waals surface area contributed by atoms with Crippen LogP contribution in [0.5, 0.6) is 5.75 Å². The Labute approximate surface area is 123 Å². The van der Waals surface area contributed by atoms with Gasteiger partial charge >= 0.3 is 0 Å². The first-order valence-electron chi connectivity index (χ1n) is 7.22. The van der Waals surface area contributed by atoms with Crippen molar-refractivity contribution >= 4 is 16.9 Å². The number of carbonyl (C=O) groups is 1. The van der Waals surface area contributed by atoms with Gasteiger partial charge in [-0.1, -0.05) is 0 Å². The number of piperazine rings is 1. The van der Waals surface area contributed by atoms with Crippen molar-refractivity contribution in [2.75, 3.05) is 26.7 Å². The van der Waals surface area contributed by atoms with E-state index in [1.807, 2.05) is 23.1 Å². The molecular weight excluding hydrogens is 268 g/mol. The smallest absolute Gasteiger partial charge is 0.227 e. The van der Waals surface area contributed by atoms with Crippen LogP contribution in [0.1, 0.15) is 12.5 Å². The second-order valence-corrected chi connectivity index (χ2v) is 5.49. The van der Waals surface area contributed by atoms with Gasteiger partial charge < -0.3 is 19.4 Å². The number of methoxy groups -OCH3 is 1. The summed E-state index contributed by atoms with van der Waals surface area (Å²) in [5.41, 5.74) is 1.69. The first-order chi connectivity index (χ1) is 10.2. The van der Waals surface area contributed by atoms with E-state index in [4.69, 9.17) is 9.15 Å². The predicted octanol–water partition coefficient (Wildman–Crippen LogP) is 1.80. The zero-order valence-electron chi connectivity index (χ0n) is 12.4. The summed E-state index contributed by atoms with van der Waals surface area (Å²) in [5.74, 6) is 0.910. The molecule has 2 heterocycles. The Morgan fingerprint density at radius 2 is 2.38 bits per heavy atom. The number of ether oxygens (including phenoxy) is 1. The van der Waals surface area contributed by atoms with E-state index in [1.54, 1.807) is 13.4 Å². The Morgan fingerprint density at radius 1 is 1.52 bits per heavy atom. The van der Waals surface area contributed by atoms with Crippen molar-refractivity contribution in [2.24, 2.45) is 0 Å². The van der Waals surface area contributed by atoms with Crippen molar-refractivity contribution in [1.29, 1.82) is 0 Å². The van der Waals surface area contributed by atoms with Gasteiger partial charge in [-0.25, -0.2) is 0 Å². The monoisotopic (exact) mass is 288 g/mol. The molecule has 1 unspecified atom stereocenters. The van der Waals surface area contributed by atoms with Gasteiger partial charge in [-0.2, -0.15) is 0 Å². The average molecular weight is 288 g/mol. The second-order valence-electron chi connectivity index (χ2n) is 5.49. The highest BCUT2D eigenvalue weighted by Crippen LogP contribution is 2.26. The van der Waals surface area contributed by atoms with E-state index < -0.39 is 0 Å². The molecule has 1 fully saturated rings. The number of hydrogen-bond acceptors (Lipinski definition) is 4. The normalized spacial score (nSPS) is 19.0. The van der Waals surface area contributed by atoms with Crippen LogP contribution in [0.2, 0.25) is 0 Å². The van der Waals surface area contributed by atoms with Crippen LogP contribution >= 0.6 is 0 Å². The van der Waals surface area contributed by atoms with Crippen LogP contribution in [0, 0.1) is 0 Å². The second kappa shape index (κ2) is 5.77. The number of nitrogens with zero attached hydrogens (tertiary/aromatic N) is 1. The molecule has 1 aromatic carbocycles. The molecule has 5 nitrogen and oxygen atoms in total. The zero-order valence-corrected chi connectivity index (χ0v) is 12.4. The minimum atomic E-state index is 0.155. The van der Waals surface area contributed by atoms with Gasteiger partial charge in [-0.3, -0.25) is 4.79 Å². The van der Waals surface area contributed by atoms with Gasteiger partial charge in [0.15, 0.2) is 0 Å². The lowest BCUT2D eigenvalue weighted by Gasteiger charge is -2.31. The molecule has 0 spiro atoms. The van der Waals surface area contributed by atoms with Crippen LogP contribution in [0.15, 0.2) is 28.9 Å². The van der Waals surface area contributed by atoms with Crippen molar-refractivity contribution in [3.8, 4) is 5.75 Å². The number of fused-ring (bicyclic) bond motifs is 1. The Bertz CT molecular complexity index is 650. The van der Waals surface area contributed by atoms with Gasteiger partial charge in [0.25, 0.3) is 0 Å². The van der Waals surface area contributed by atoms with E-state index in [-0.39, 0.29) is 5.91 Å². The predicted molar refractivity (Wildman–Crippen MR) is 80.5 cm³/mol. The van der Waals surface area contributed by atoms with E-state index >= 15 is 0 Å². The zero-order chi connectivity index (χ0) is 14.8. The largest absolute Gasteiger partial charge is 0.497 e. The Kier molecular flexibility index (Phi) is 3.84. The quantitative estimate of drug-likeness (QED) is 0.936. The van der Waals surface area contributed by atoms with Crippen molar-refractivity contribution in [1.82, 2.24) is 10.2 Å². The number of amides is 1.